The Hall–Kier alpha value is -1.32. The summed E-state index contributed by atoms with van der Waals surface area (Å²) in [5.74, 6) is 0. The van der Waals surface area contributed by atoms with Crippen LogP contribution in [0.4, 0.5) is 5.69 Å². The number of halogens is 1. The van der Waals surface area contributed by atoms with Gasteiger partial charge in [0.05, 0.1) is 6.10 Å². The van der Waals surface area contributed by atoms with Crippen molar-refractivity contribution in [2.45, 2.75) is 20.0 Å². The molecule has 0 amide bonds. The van der Waals surface area contributed by atoms with Gasteiger partial charge in [-0.25, -0.2) is 0 Å². The molecule has 0 aliphatic carbocycles. The number of nitrogens with one attached hydrogen (secondary N) is 1. The van der Waals surface area contributed by atoms with E-state index in [0.717, 1.165) is 15.7 Å². The highest BCUT2D eigenvalue weighted by atomic mass is 79.9. The van der Waals surface area contributed by atoms with Crippen molar-refractivity contribution in [1.82, 2.24) is 0 Å². The van der Waals surface area contributed by atoms with Gasteiger partial charge in [-0.05, 0) is 54.8 Å². The zero-order valence-corrected chi connectivity index (χ0v) is 12.7. The van der Waals surface area contributed by atoms with Crippen LogP contribution in [-0.4, -0.2) is 11.7 Å². The molecule has 0 fully saturated rings. The fourth-order valence-electron chi connectivity index (χ4n) is 1.90. The number of rotatable bonds is 4. The molecule has 0 saturated carbocycles. The van der Waals surface area contributed by atoms with Crippen molar-refractivity contribution in [3.8, 4) is 0 Å². The maximum atomic E-state index is 10.1. The minimum Gasteiger partial charge on any atom is -0.387 e. The zero-order valence-electron chi connectivity index (χ0n) is 11.2. The number of aliphatic hydroxyl groups is 1. The Bertz CT molecular complexity index is 568. The first kappa shape index (κ1) is 14.1. The highest BCUT2D eigenvalue weighted by Crippen LogP contribution is 2.20. The Kier molecular flexibility index (Phi) is 4.61. The zero-order chi connectivity index (χ0) is 13.8. The van der Waals surface area contributed by atoms with E-state index in [1.165, 1.54) is 11.1 Å². The number of anilines is 1. The van der Waals surface area contributed by atoms with Crippen molar-refractivity contribution in [2.24, 2.45) is 0 Å². The normalized spacial score (nSPS) is 12.2. The number of hydrogen-bond acceptors (Lipinski definition) is 2. The highest BCUT2D eigenvalue weighted by Gasteiger charge is 2.07. The number of aryl methyl sites for hydroxylation is 2. The summed E-state index contributed by atoms with van der Waals surface area (Å²) in [6.07, 6.45) is -0.515. The van der Waals surface area contributed by atoms with Crippen molar-refractivity contribution >= 4 is 21.6 Å². The van der Waals surface area contributed by atoms with Gasteiger partial charge in [0, 0.05) is 16.7 Å². The molecule has 1 unspecified atom stereocenters. The summed E-state index contributed by atoms with van der Waals surface area (Å²) in [6.45, 7) is 4.68. The van der Waals surface area contributed by atoms with Crippen LogP contribution >= 0.6 is 15.9 Å². The third-order valence-corrected chi connectivity index (χ3v) is 3.73. The van der Waals surface area contributed by atoms with E-state index in [4.69, 9.17) is 0 Å². The van der Waals surface area contributed by atoms with Gasteiger partial charge in [0.25, 0.3) is 0 Å². The quantitative estimate of drug-likeness (QED) is 0.884. The maximum Gasteiger partial charge on any atom is 0.0962 e. The highest BCUT2D eigenvalue weighted by molar-refractivity contribution is 9.10. The van der Waals surface area contributed by atoms with Gasteiger partial charge in [0.15, 0.2) is 0 Å². The molecule has 0 saturated heterocycles. The summed E-state index contributed by atoms with van der Waals surface area (Å²) in [5, 5.41) is 13.4. The number of benzene rings is 2. The van der Waals surface area contributed by atoms with Crippen LogP contribution < -0.4 is 5.32 Å². The largest absolute Gasteiger partial charge is 0.387 e. The van der Waals surface area contributed by atoms with Crippen LogP contribution in [0, 0.1) is 13.8 Å². The lowest BCUT2D eigenvalue weighted by Gasteiger charge is -2.14. The average Bonchev–Trinajstić information content (AvgIpc) is 2.40. The van der Waals surface area contributed by atoms with E-state index < -0.39 is 6.10 Å². The molecule has 0 aromatic heterocycles. The van der Waals surface area contributed by atoms with Crippen LogP contribution in [0.15, 0.2) is 46.9 Å². The summed E-state index contributed by atoms with van der Waals surface area (Å²) >= 11 is 3.41. The van der Waals surface area contributed by atoms with Gasteiger partial charge in [-0.2, -0.15) is 0 Å². The third-order valence-electron chi connectivity index (χ3n) is 3.24. The molecule has 2 aromatic rings. The summed E-state index contributed by atoms with van der Waals surface area (Å²) < 4.78 is 0.982. The van der Waals surface area contributed by atoms with E-state index in [0.29, 0.717) is 6.54 Å². The van der Waals surface area contributed by atoms with Crippen LogP contribution in [0.3, 0.4) is 0 Å². The molecular formula is C16H18BrNO. The van der Waals surface area contributed by atoms with Gasteiger partial charge >= 0.3 is 0 Å². The molecule has 0 aliphatic rings. The van der Waals surface area contributed by atoms with E-state index in [2.05, 4.69) is 47.2 Å². The van der Waals surface area contributed by atoms with E-state index in [-0.39, 0.29) is 0 Å². The Morgan fingerprint density at radius 2 is 1.89 bits per heavy atom. The van der Waals surface area contributed by atoms with Gasteiger partial charge < -0.3 is 10.4 Å². The second-order valence-corrected chi connectivity index (χ2v) is 5.67. The lowest BCUT2D eigenvalue weighted by atomic mass is 10.1. The molecule has 3 heteroatoms. The summed E-state index contributed by atoms with van der Waals surface area (Å²) in [5.41, 5.74) is 4.47. The Morgan fingerprint density at radius 1 is 1.11 bits per heavy atom. The monoisotopic (exact) mass is 319 g/mol. The van der Waals surface area contributed by atoms with Crippen LogP contribution in [0.2, 0.25) is 0 Å². The predicted octanol–water partition coefficient (Wildman–Crippen LogP) is 4.21. The van der Waals surface area contributed by atoms with Crippen LogP contribution in [0.5, 0.6) is 0 Å². The minimum atomic E-state index is -0.515. The Morgan fingerprint density at radius 3 is 2.58 bits per heavy atom. The summed E-state index contributed by atoms with van der Waals surface area (Å²) in [6, 6.07) is 14.0. The van der Waals surface area contributed by atoms with Gasteiger partial charge in [-0.1, -0.05) is 34.1 Å². The molecule has 0 heterocycles. The van der Waals surface area contributed by atoms with E-state index in [9.17, 15) is 5.11 Å². The van der Waals surface area contributed by atoms with Crippen LogP contribution in [0.25, 0.3) is 0 Å². The molecule has 2 N–H and O–H groups in total. The molecule has 2 aromatic carbocycles. The lowest BCUT2D eigenvalue weighted by Crippen LogP contribution is -2.12. The van der Waals surface area contributed by atoms with Gasteiger partial charge in [-0.15, -0.1) is 0 Å². The third kappa shape index (κ3) is 3.82. The molecule has 0 aliphatic heterocycles. The maximum absolute atomic E-state index is 10.1. The summed E-state index contributed by atoms with van der Waals surface area (Å²) in [7, 11) is 0. The van der Waals surface area contributed by atoms with Crippen molar-refractivity contribution in [3.05, 3.63) is 63.6 Å². The van der Waals surface area contributed by atoms with Gasteiger partial charge in [-0.3, -0.25) is 0 Å². The number of hydrogen-bond donors (Lipinski definition) is 2. The molecule has 0 bridgehead atoms. The predicted molar refractivity (Wildman–Crippen MR) is 83.5 cm³/mol. The molecule has 0 spiro atoms. The smallest absolute Gasteiger partial charge is 0.0962 e. The van der Waals surface area contributed by atoms with Crippen molar-refractivity contribution in [1.29, 1.82) is 0 Å². The fraction of sp³-hybridized carbons (Fsp3) is 0.250. The second kappa shape index (κ2) is 6.22. The lowest BCUT2D eigenvalue weighted by molar-refractivity contribution is 0.191. The molecular weight excluding hydrogens is 302 g/mol. The average molecular weight is 320 g/mol. The first-order valence-electron chi connectivity index (χ1n) is 6.31. The van der Waals surface area contributed by atoms with Crippen molar-refractivity contribution in [2.75, 3.05) is 11.9 Å². The Labute approximate surface area is 122 Å². The summed E-state index contributed by atoms with van der Waals surface area (Å²) in [4.78, 5) is 0. The van der Waals surface area contributed by atoms with E-state index >= 15 is 0 Å². The van der Waals surface area contributed by atoms with Gasteiger partial charge in [0.2, 0.25) is 0 Å². The molecule has 100 valence electrons. The van der Waals surface area contributed by atoms with E-state index in [1.54, 1.807) is 0 Å². The van der Waals surface area contributed by atoms with Crippen molar-refractivity contribution < 1.29 is 5.11 Å². The van der Waals surface area contributed by atoms with Crippen LogP contribution in [-0.2, 0) is 0 Å². The SMILES string of the molecule is Cc1ccc(NCC(O)c2cccc(Br)c2)cc1C. The molecule has 19 heavy (non-hydrogen) atoms. The van der Waals surface area contributed by atoms with Crippen molar-refractivity contribution in [3.63, 3.8) is 0 Å². The van der Waals surface area contributed by atoms with Crippen LogP contribution in [0.1, 0.15) is 22.8 Å². The van der Waals surface area contributed by atoms with Gasteiger partial charge in [0.1, 0.15) is 0 Å². The standard InChI is InChI=1S/C16H18BrNO/c1-11-6-7-15(8-12(11)2)18-10-16(19)13-4-3-5-14(17)9-13/h3-9,16,18-19H,10H2,1-2H3. The topological polar surface area (TPSA) is 32.3 Å². The molecule has 2 nitrogen and oxygen atoms in total. The number of aliphatic hydroxyl groups excluding tert-OH is 1. The van der Waals surface area contributed by atoms with E-state index in [1.807, 2.05) is 30.3 Å². The fourth-order valence-corrected chi connectivity index (χ4v) is 2.31. The molecule has 1 atom stereocenters. The molecule has 2 rings (SSSR count). The second-order valence-electron chi connectivity index (χ2n) is 4.75. The minimum absolute atomic E-state index is 0.499. The first-order valence-corrected chi connectivity index (χ1v) is 7.10. The first-order chi connectivity index (χ1) is 9.06. The molecule has 0 radical (unpaired) electrons. The Balaban J connectivity index is 2.00.